The first-order valence-electron chi connectivity index (χ1n) is 22.8. The highest BCUT2D eigenvalue weighted by molar-refractivity contribution is 4.97. The molecule has 0 saturated heterocycles. The zero-order valence-corrected chi connectivity index (χ0v) is 30.7. The topological polar surface area (TPSA) is 0 Å². The minimum Gasteiger partial charge on any atom is -0.0533 e. The molecule has 0 radical (unpaired) electrons. The summed E-state index contributed by atoms with van der Waals surface area (Å²) in [5, 5.41) is 0. The van der Waals surface area contributed by atoms with Crippen molar-refractivity contribution in [3.05, 3.63) is 0 Å². The Bertz CT molecular complexity index is 813. The summed E-state index contributed by atoms with van der Waals surface area (Å²) in [6.07, 6.45) is 51.0. The van der Waals surface area contributed by atoms with Crippen LogP contribution in [0, 0.1) is 82.9 Å². The lowest BCUT2D eigenvalue weighted by atomic mass is 9.53. The van der Waals surface area contributed by atoms with E-state index in [1.54, 1.807) is 205 Å². The van der Waals surface area contributed by atoms with Crippen LogP contribution in [0.3, 0.4) is 0 Å². The molecule has 0 aromatic carbocycles. The fraction of sp³-hybridized carbons (Fsp3) is 1.00. The number of hydrogen-bond acceptors (Lipinski definition) is 0. The van der Waals surface area contributed by atoms with Crippen LogP contribution in [0.5, 0.6) is 0 Å². The Morgan fingerprint density at radius 2 is 0.543 bits per heavy atom. The standard InChI is InChI=1S/C46H78/c1-3-15-37(16-4-1)45(43-23-11-19-35-13-7-9-21-41(35)43)39-29-25-33(26-30-39)34-27-31-40(32-28-34)46(38-17-5-2-6-18-38)44-24-12-20-36-14-8-10-22-42(36)44/h33-46H,1-32H2. The van der Waals surface area contributed by atoms with Crippen molar-refractivity contribution in [3.8, 4) is 0 Å². The van der Waals surface area contributed by atoms with E-state index < -0.39 is 0 Å². The average molecular weight is 631 g/mol. The van der Waals surface area contributed by atoms with E-state index in [-0.39, 0.29) is 0 Å². The third-order valence-corrected chi connectivity index (χ3v) is 18.0. The molecular formula is C46H78. The van der Waals surface area contributed by atoms with Gasteiger partial charge in [-0.05, 0) is 160 Å². The Labute approximate surface area is 287 Å². The van der Waals surface area contributed by atoms with Crippen molar-refractivity contribution in [2.24, 2.45) is 82.9 Å². The maximum atomic E-state index is 1.63. The van der Waals surface area contributed by atoms with Crippen molar-refractivity contribution in [3.63, 3.8) is 0 Å². The number of hydrogen-bond donors (Lipinski definition) is 0. The predicted molar refractivity (Wildman–Crippen MR) is 197 cm³/mol. The van der Waals surface area contributed by atoms with Gasteiger partial charge in [-0.25, -0.2) is 0 Å². The Balaban J connectivity index is 0.901. The number of fused-ring (bicyclic) bond motifs is 2. The van der Waals surface area contributed by atoms with Gasteiger partial charge in [0.15, 0.2) is 0 Å². The van der Waals surface area contributed by atoms with Gasteiger partial charge in [-0.15, -0.1) is 0 Å². The first-order valence-corrected chi connectivity index (χ1v) is 22.8. The summed E-state index contributed by atoms with van der Waals surface area (Å²) in [6.45, 7) is 0. The van der Waals surface area contributed by atoms with E-state index in [1.807, 2.05) is 0 Å². The molecule has 8 aliphatic rings. The number of rotatable bonds is 7. The Hall–Kier alpha value is 0. The molecule has 8 unspecified atom stereocenters. The quantitative estimate of drug-likeness (QED) is 0.262. The third-order valence-electron chi connectivity index (χ3n) is 18.0. The molecule has 0 N–H and O–H groups in total. The van der Waals surface area contributed by atoms with Gasteiger partial charge in [-0.3, -0.25) is 0 Å². The third kappa shape index (κ3) is 7.24. The normalized spacial score (nSPS) is 44.9. The molecule has 8 aliphatic carbocycles. The molecule has 0 aliphatic heterocycles. The van der Waals surface area contributed by atoms with Crippen LogP contribution in [0.25, 0.3) is 0 Å². The lowest BCUT2D eigenvalue weighted by Crippen LogP contribution is -2.43. The lowest BCUT2D eigenvalue weighted by molar-refractivity contribution is -0.0218. The molecule has 8 atom stereocenters. The van der Waals surface area contributed by atoms with Gasteiger partial charge >= 0.3 is 0 Å². The Kier molecular flexibility index (Phi) is 11.5. The smallest absolute Gasteiger partial charge is 0.0326 e. The summed E-state index contributed by atoms with van der Waals surface area (Å²) in [4.78, 5) is 0. The van der Waals surface area contributed by atoms with E-state index in [0.717, 1.165) is 82.9 Å². The molecular weight excluding hydrogens is 553 g/mol. The highest BCUT2D eigenvalue weighted by atomic mass is 14.5. The molecule has 0 spiro atoms. The molecule has 0 aromatic rings. The fourth-order valence-corrected chi connectivity index (χ4v) is 16.1. The molecule has 0 aromatic heterocycles. The fourth-order valence-electron chi connectivity index (χ4n) is 16.1. The summed E-state index contributed by atoms with van der Waals surface area (Å²) >= 11 is 0. The summed E-state index contributed by atoms with van der Waals surface area (Å²) in [5.41, 5.74) is 0. The largest absolute Gasteiger partial charge is 0.0533 e. The molecule has 0 nitrogen and oxygen atoms in total. The Morgan fingerprint density at radius 1 is 0.217 bits per heavy atom. The van der Waals surface area contributed by atoms with Crippen LogP contribution in [0.2, 0.25) is 0 Å². The molecule has 262 valence electrons. The monoisotopic (exact) mass is 631 g/mol. The zero-order chi connectivity index (χ0) is 30.7. The van der Waals surface area contributed by atoms with E-state index in [4.69, 9.17) is 0 Å². The van der Waals surface area contributed by atoms with Gasteiger partial charge < -0.3 is 0 Å². The van der Waals surface area contributed by atoms with Crippen LogP contribution < -0.4 is 0 Å². The van der Waals surface area contributed by atoms with Crippen molar-refractivity contribution < 1.29 is 0 Å². The summed E-state index contributed by atoms with van der Waals surface area (Å²) in [5.74, 6) is 15.6. The second kappa shape index (κ2) is 15.9. The van der Waals surface area contributed by atoms with Crippen LogP contribution in [0.1, 0.15) is 205 Å². The molecule has 0 bridgehead atoms. The van der Waals surface area contributed by atoms with E-state index in [2.05, 4.69) is 0 Å². The molecule has 0 heteroatoms. The van der Waals surface area contributed by atoms with Gasteiger partial charge in [-0.1, -0.05) is 128 Å². The van der Waals surface area contributed by atoms with Crippen LogP contribution in [-0.2, 0) is 0 Å². The average Bonchev–Trinajstić information content (AvgIpc) is 3.14. The second-order valence-corrected chi connectivity index (χ2v) is 19.9. The van der Waals surface area contributed by atoms with Crippen LogP contribution in [-0.4, -0.2) is 0 Å². The Morgan fingerprint density at radius 3 is 0.957 bits per heavy atom. The van der Waals surface area contributed by atoms with Crippen molar-refractivity contribution >= 4 is 0 Å². The zero-order valence-electron chi connectivity index (χ0n) is 30.7. The second-order valence-electron chi connectivity index (χ2n) is 19.9. The molecule has 8 fully saturated rings. The van der Waals surface area contributed by atoms with Crippen molar-refractivity contribution in [1.29, 1.82) is 0 Å². The maximum absolute atomic E-state index is 1.63. The highest BCUT2D eigenvalue weighted by Crippen LogP contribution is 2.57. The van der Waals surface area contributed by atoms with Crippen molar-refractivity contribution in [2.75, 3.05) is 0 Å². The summed E-state index contributed by atoms with van der Waals surface area (Å²) in [6, 6.07) is 0. The predicted octanol–water partition coefficient (Wildman–Crippen LogP) is 14.2. The van der Waals surface area contributed by atoms with Crippen LogP contribution >= 0.6 is 0 Å². The molecule has 46 heavy (non-hydrogen) atoms. The van der Waals surface area contributed by atoms with Gasteiger partial charge in [0.2, 0.25) is 0 Å². The van der Waals surface area contributed by atoms with Crippen molar-refractivity contribution in [2.45, 2.75) is 205 Å². The summed E-state index contributed by atoms with van der Waals surface area (Å²) in [7, 11) is 0. The molecule has 8 rings (SSSR count). The van der Waals surface area contributed by atoms with Crippen LogP contribution in [0.4, 0.5) is 0 Å². The minimum absolute atomic E-state index is 1.10. The van der Waals surface area contributed by atoms with Crippen LogP contribution in [0.15, 0.2) is 0 Å². The van der Waals surface area contributed by atoms with E-state index in [0.29, 0.717) is 0 Å². The van der Waals surface area contributed by atoms with Gasteiger partial charge in [0.1, 0.15) is 0 Å². The van der Waals surface area contributed by atoms with E-state index in [9.17, 15) is 0 Å². The van der Waals surface area contributed by atoms with Gasteiger partial charge in [0.25, 0.3) is 0 Å². The first kappa shape index (κ1) is 33.2. The minimum atomic E-state index is 1.10. The molecule has 0 heterocycles. The summed E-state index contributed by atoms with van der Waals surface area (Å²) < 4.78 is 0. The maximum Gasteiger partial charge on any atom is -0.0326 e. The molecule has 0 amide bonds. The first-order chi connectivity index (χ1) is 22.8. The lowest BCUT2D eigenvalue weighted by Gasteiger charge is -2.52. The SMILES string of the molecule is C1CCC(C(C2CCC(C3CCC(C(C4CCCCC4)C4CCCC5CCCCC54)CC3)CC2)C2CCCC3CCCCC32)CC1. The van der Waals surface area contributed by atoms with E-state index in [1.165, 1.54) is 0 Å². The van der Waals surface area contributed by atoms with Gasteiger partial charge in [0.05, 0.1) is 0 Å². The molecule has 8 saturated carbocycles. The van der Waals surface area contributed by atoms with Crippen molar-refractivity contribution in [1.82, 2.24) is 0 Å². The van der Waals surface area contributed by atoms with E-state index >= 15 is 0 Å². The van der Waals surface area contributed by atoms with Gasteiger partial charge in [0, 0.05) is 0 Å². The van der Waals surface area contributed by atoms with Gasteiger partial charge in [-0.2, -0.15) is 0 Å². The highest BCUT2D eigenvalue weighted by Gasteiger charge is 2.47.